The average Bonchev–Trinajstić information content (AvgIpc) is 2.27. The maximum atomic E-state index is 12.4. The number of benzene rings is 1. The van der Waals surface area contributed by atoms with Gasteiger partial charge in [-0.3, -0.25) is 14.9 Å². The van der Waals surface area contributed by atoms with Gasteiger partial charge in [0, 0.05) is 24.2 Å². The lowest BCUT2D eigenvalue weighted by molar-refractivity contribution is -0.384. The van der Waals surface area contributed by atoms with Crippen molar-refractivity contribution in [1.82, 2.24) is 4.90 Å². The van der Waals surface area contributed by atoms with Gasteiger partial charge in [0.05, 0.1) is 10.5 Å². The fourth-order valence-electron chi connectivity index (χ4n) is 2.01. The van der Waals surface area contributed by atoms with Gasteiger partial charge in [-0.2, -0.15) is 0 Å². The highest BCUT2D eigenvalue weighted by Gasteiger charge is 2.25. The van der Waals surface area contributed by atoms with Gasteiger partial charge in [0.15, 0.2) is 0 Å². The molecule has 0 aliphatic rings. The van der Waals surface area contributed by atoms with Crippen molar-refractivity contribution >= 4 is 11.6 Å². The molecule has 0 saturated carbocycles. The van der Waals surface area contributed by atoms with Gasteiger partial charge in [-0.1, -0.05) is 0 Å². The molecule has 0 radical (unpaired) electrons. The molecule has 0 aliphatic carbocycles. The normalized spacial score (nSPS) is 10.8. The SMILES string of the molecule is CC(C)N(C(=O)c1cc([N+](=O)[O-])ccc1O)C(C)C. The molecule has 0 heterocycles. The number of hydrogen-bond donors (Lipinski definition) is 1. The molecule has 0 atom stereocenters. The van der Waals surface area contributed by atoms with Crippen LogP contribution in [-0.4, -0.2) is 32.9 Å². The van der Waals surface area contributed by atoms with Gasteiger partial charge in [-0.05, 0) is 33.8 Å². The number of aromatic hydroxyl groups is 1. The smallest absolute Gasteiger partial charge is 0.270 e. The molecule has 0 fully saturated rings. The quantitative estimate of drug-likeness (QED) is 0.670. The first kappa shape index (κ1) is 14.9. The molecule has 19 heavy (non-hydrogen) atoms. The molecule has 6 nitrogen and oxygen atoms in total. The molecule has 1 aromatic carbocycles. The van der Waals surface area contributed by atoms with Crippen LogP contribution in [0.1, 0.15) is 38.1 Å². The van der Waals surface area contributed by atoms with E-state index in [0.717, 1.165) is 6.07 Å². The Hall–Kier alpha value is -2.11. The Labute approximate surface area is 111 Å². The molecule has 1 amide bonds. The highest BCUT2D eigenvalue weighted by atomic mass is 16.6. The van der Waals surface area contributed by atoms with E-state index in [1.807, 2.05) is 27.7 Å². The molecule has 0 unspecified atom stereocenters. The Morgan fingerprint density at radius 3 is 2.21 bits per heavy atom. The molecular weight excluding hydrogens is 248 g/mol. The summed E-state index contributed by atoms with van der Waals surface area (Å²) in [5.41, 5.74) is -0.259. The van der Waals surface area contributed by atoms with Gasteiger partial charge >= 0.3 is 0 Å². The number of phenols is 1. The fraction of sp³-hybridized carbons (Fsp3) is 0.462. The second kappa shape index (κ2) is 5.69. The molecule has 1 aromatic rings. The monoisotopic (exact) mass is 266 g/mol. The summed E-state index contributed by atoms with van der Waals surface area (Å²) >= 11 is 0. The maximum absolute atomic E-state index is 12.4. The van der Waals surface area contributed by atoms with Crippen LogP contribution in [0.25, 0.3) is 0 Å². The first-order valence-electron chi connectivity index (χ1n) is 6.05. The van der Waals surface area contributed by atoms with Crippen molar-refractivity contribution in [3.63, 3.8) is 0 Å². The lowest BCUT2D eigenvalue weighted by atomic mass is 10.1. The Kier molecular flexibility index (Phi) is 4.47. The molecule has 104 valence electrons. The van der Waals surface area contributed by atoms with E-state index >= 15 is 0 Å². The van der Waals surface area contributed by atoms with Crippen LogP contribution in [0.4, 0.5) is 5.69 Å². The highest BCUT2D eigenvalue weighted by molar-refractivity contribution is 5.97. The van der Waals surface area contributed by atoms with Crippen LogP contribution in [0.5, 0.6) is 5.75 Å². The number of phenolic OH excluding ortho intramolecular Hbond substituents is 1. The Morgan fingerprint density at radius 1 is 1.26 bits per heavy atom. The van der Waals surface area contributed by atoms with E-state index in [4.69, 9.17) is 0 Å². The average molecular weight is 266 g/mol. The molecule has 0 bridgehead atoms. The van der Waals surface area contributed by atoms with E-state index < -0.39 is 10.8 Å². The van der Waals surface area contributed by atoms with Crippen molar-refractivity contribution in [2.24, 2.45) is 0 Å². The third kappa shape index (κ3) is 3.21. The first-order chi connectivity index (χ1) is 8.75. The molecular formula is C13H18N2O4. The van der Waals surface area contributed by atoms with Crippen molar-refractivity contribution in [3.05, 3.63) is 33.9 Å². The molecule has 1 rings (SSSR count). The Bertz CT molecular complexity index is 489. The Morgan fingerprint density at radius 2 is 1.79 bits per heavy atom. The maximum Gasteiger partial charge on any atom is 0.270 e. The number of hydrogen-bond acceptors (Lipinski definition) is 4. The highest BCUT2D eigenvalue weighted by Crippen LogP contribution is 2.25. The second-order valence-corrected chi connectivity index (χ2v) is 4.86. The standard InChI is InChI=1S/C13H18N2O4/c1-8(2)14(9(3)4)13(17)11-7-10(15(18)19)5-6-12(11)16/h5-9,16H,1-4H3. The zero-order valence-electron chi connectivity index (χ0n) is 11.5. The van der Waals surface area contributed by atoms with E-state index in [-0.39, 0.29) is 29.1 Å². The van der Waals surface area contributed by atoms with E-state index in [0.29, 0.717) is 0 Å². The van der Waals surface area contributed by atoms with Crippen LogP contribution < -0.4 is 0 Å². The van der Waals surface area contributed by atoms with E-state index in [1.54, 1.807) is 4.90 Å². The molecule has 1 N–H and O–H groups in total. The van der Waals surface area contributed by atoms with Gasteiger partial charge in [0.1, 0.15) is 5.75 Å². The third-order valence-corrected chi connectivity index (χ3v) is 2.77. The summed E-state index contributed by atoms with van der Waals surface area (Å²) in [6.45, 7) is 7.41. The van der Waals surface area contributed by atoms with Crippen molar-refractivity contribution in [2.75, 3.05) is 0 Å². The number of amides is 1. The summed E-state index contributed by atoms with van der Waals surface area (Å²) < 4.78 is 0. The summed E-state index contributed by atoms with van der Waals surface area (Å²) in [5, 5.41) is 20.5. The predicted molar refractivity (Wildman–Crippen MR) is 71.2 cm³/mol. The van der Waals surface area contributed by atoms with Gasteiger partial charge in [-0.15, -0.1) is 0 Å². The van der Waals surface area contributed by atoms with Gasteiger partial charge in [0.2, 0.25) is 0 Å². The topological polar surface area (TPSA) is 83.7 Å². The predicted octanol–water partition coefficient (Wildman–Crippen LogP) is 2.56. The number of nitrogens with zero attached hydrogens (tertiary/aromatic N) is 2. The lowest BCUT2D eigenvalue weighted by Gasteiger charge is -2.30. The molecule has 0 saturated heterocycles. The Balaban J connectivity index is 3.24. The minimum Gasteiger partial charge on any atom is -0.507 e. The third-order valence-electron chi connectivity index (χ3n) is 2.77. The summed E-state index contributed by atoms with van der Waals surface area (Å²) in [4.78, 5) is 24.1. The largest absolute Gasteiger partial charge is 0.507 e. The summed E-state index contributed by atoms with van der Waals surface area (Å²) in [6, 6.07) is 3.32. The van der Waals surface area contributed by atoms with E-state index in [9.17, 15) is 20.0 Å². The molecule has 0 spiro atoms. The van der Waals surface area contributed by atoms with Crippen LogP contribution >= 0.6 is 0 Å². The molecule has 0 aliphatic heterocycles. The number of carbonyl (C=O) groups excluding carboxylic acids is 1. The number of carbonyl (C=O) groups is 1. The van der Waals surface area contributed by atoms with Crippen LogP contribution in [0.3, 0.4) is 0 Å². The minimum absolute atomic E-state index is 0.0448. The van der Waals surface area contributed by atoms with E-state index in [1.165, 1.54) is 12.1 Å². The van der Waals surface area contributed by atoms with Gasteiger partial charge < -0.3 is 10.0 Å². The summed E-state index contributed by atoms with van der Waals surface area (Å²) in [5.74, 6) is -0.659. The second-order valence-electron chi connectivity index (χ2n) is 4.86. The zero-order valence-corrected chi connectivity index (χ0v) is 11.5. The number of rotatable bonds is 4. The summed E-state index contributed by atoms with van der Waals surface area (Å²) in [6.07, 6.45) is 0. The summed E-state index contributed by atoms with van der Waals surface area (Å²) in [7, 11) is 0. The van der Waals surface area contributed by atoms with Crippen molar-refractivity contribution in [1.29, 1.82) is 0 Å². The van der Waals surface area contributed by atoms with Crippen molar-refractivity contribution in [3.8, 4) is 5.75 Å². The minimum atomic E-state index is -0.592. The first-order valence-corrected chi connectivity index (χ1v) is 6.05. The van der Waals surface area contributed by atoms with Crippen molar-refractivity contribution < 1.29 is 14.8 Å². The van der Waals surface area contributed by atoms with Gasteiger partial charge in [0.25, 0.3) is 11.6 Å². The number of non-ortho nitro benzene ring substituents is 1. The zero-order chi connectivity index (χ0) is 14.7. The molecule has 0 aromatic heterocycles. The van der Waals surface area contributed by atoms with Crippen molar-refractivity contribution in [2.45, 2.75) is 39.8 Å². The lowest BCUT2D eigenvalue weighted by Crippen LogP contribution is -2.42. The fourth-order valence-corrected chi connectivity index (χ4v) is 2.01. The van der Waals surface area contributed by atoms with Crippen LogP contribution in [0.15, 0.2) is 18.2 Å². The van der Waals surface area contributed by atoms with Gasteiger partial charge in [-0.25, -0.2) is 0 Å². The number of nitro groups is 1. The van der Waals surface area contributed by atoms with Crippen LogP contribution in [0.2, 0.25) is 0 Å². The molecule has 6 heteroatoms. The number of nitro benzene ring substituents is 1. The van der Waals surface area contributed by atoms with Crippen LogP contribution in [-0.2, 0) is 0 Å². The van der Waals surface area contributed by atoms with Crippen LogP contribution in [0, 0.1) is 10.1 Å². The van der Waals surface area contributed by atoms with E-state index in [2.05, 4.69) is 0 Å².